The summed E-state index contributed by atoms with van der Waals surface area (Å²) in [6.07, 6.45) is 2.40. The number of aromatic nitrogens is 1. The van der Waals surface area contributed by atoms with Crippen LogP contribution in [0.15, 0.2) is 6.07 Å². The maximum atomic E-state index is 12.2. The molecule has 1 unspecified atom stereocenters. The number of carbonyl (C=O) groups is 2. The largest absolute Gasteiger partial charge is 0.354 e. The summed E-state index contributed by atoms with van der Waals surface area (Å²) in [4.78, 5) is 24.2. The summed E-state index contributed by atoms with van der Waals surface area (Å²) in [5.41, 5.74) is 2.85. The van der Waals surface area contributed by atoms with E-state index < -0.39 is 0 Å². The van der Waals surface area contributed by atoms with Crippen LogP contribution in [0.3, 0.4) is 0 Å². The van der Waals surface area contributed by atoms with Crippen LogP contribution in [0.2, 0.25) is 0 Å². The first-order chi connectivity index (χ1) is 9.41. The Labute approximate surface area is 120 Å². The fourth-order valence-corrected chi connectivity index (χ4v) is 2.86. The van der Waals surface area contributed by atoms with Crippen LogP contribution in [0.25, 0.3) is 0 Å². The van der Waals surface area contributed by atoms with Crippen LogP contribution >= 0.6 is 0 Å². The Kier molecular flexibility index (Phi) is 4.31. The molecule has 1 aromatic heterocycles. The highest BCUT2D eigenvalue weighted by atomic mass is 16.2. The van der Waals surface area contributed by atoms with E-state index >= 15 is 0 Å². The summed E-state index contributed by atoms with van der Waals surface area (Å²) in [6, 6.07) is 1.67. The molecule has 1 aromatic rings. The van der Waals surface area contributed by atoms with Crippen LogP contribution in [0.1, 0.15) is 61.4 Å². The van der Waals surface area contributed by atoms with Crippen molar-refractivity contribution >= 4 is 11.7 Å². The Morgan fingerprint density at radius 1 is 1.35 bits per heavy atom. The molecule has 110 valence electrons. The van der Waals surface area contributed by atoms with E-state index in [-0.39, 0.29) is 17.7 Å². The first-order valence-electron chi connectivity index (χ1n) is 7.43. The Balaban J connectivity index is 2.24. The van der Waals surface area contributed by atoms with Gasteiger partial charge in [-0.2, -0.15) is 0 Å². The van der Waals surface area contributed by atoms with Gasteiger partial charge in [-0.05, 0) is 38.7 Å². The lowest BCUT2D eigenvalue weighted by Gasteiger charge is -2.22. The lowest BCUT2D eigenvalue weighted by atomic mass is 9.96. The summed E-state index contributed by atoms with van der Waals surface area (Å²) >= 11 is 0. The maximum absolute atomic E-state index is 12.2. The molecule has 1 atom stereocenters. The molecule has 1 heterocycles. The molecule has 1 N–H and O–H groups in total. The monoisotopic (exact) mass is 276 g/mol. The summed E-state index contributed by atoms with van der Waals surface area (Å²) in [5, 5.41) is 2.97. The molecule has 0 saturated heterocycles. The number of nitrogens with zero attached hydrogens (tertiary/aromatic N) is 1. The zero-order valence-corrected chi connectivity index (χ0v) is 12.8. The van der Waals surface area contributed by atoms with E-state index in [2.05, 4.69) is 19.2 Å². The van der Waals surface area contributed by atoms with Gasteiger partial charge in [-0.1, -0.05) is 13.8 Å². The number of hydrogen-bond acceptors (Lipinski definition) is 2. The van der Waals surface area contributed by atoms with Gasteiger partial charge < -0.3 is 9.88 Å². The third-order valence-corrected chi connectivity index (χ3v) is 3.90. The van der Waals surface area contributed by atoms with E-state index in [1.165, 1.54) is 0 Å². The summed E-state index contributed by atoms with van der Waals surface area (Å²) in [5.74, 6) is 0.675. The molecule has 0 saturated carbocycles. The Hall–Kier alpha value is -1.58. The SMILES string of the molecule is Cc1cc2c(n1C(C)C(=O)NCC(C)C)CCCC2=O. The number of fused-ring (bicyclic) bond motifs is 1. The fourth-order valence-electron chi connectivity index (χ4n) is 2.86. The molecule has 0 radical (unpaired) electrons. The molecule has 0 aliphatic heterocycles. The molecular formula is C16H24N2O2. The lowest BCUT2D eigenvalue weighted by molar-refractivity contribution is -0.124. The second-order valence-corrected chi connectivity index (χ2v) is 6.11. The lowest BCUT2D eigenvalue weighted by Crippen LogP contribution is -2.34. The standard InChI is InChI=1S/C16H24N2O2/c1-10(2)9-17-16(20)12(4)18-11(3)8-13-14(18)6-5-7-15(13)19/h8,10,12H,5-7,9H2,1-4H3,(H,17,20). The van der Waals surface area contributed by atoms with Crippen molar-refractivity contribution in [3.8, 4) is 0 Å². The van der Waals surface area contributed by atoms with Crippen molar-refractivity contribution in [3.05, 3.63) is 23.0 Å². The third-order valence-electron chi connectivity index (χ3n) is 3.90. The Morgan fingerprint density at radius 2 is 2.05 bits per heavy atom. The number of ketones is 1. The number of nitrogens with one attached hydrogen (secondary N) is 1. The molecule has 0 fully saturated rings. The average Bonchev–Trinajstić information content (AvgIpc) is 2.73. The summed E-state index contributed by atoms with van der Waals surface area (Å²) in [7, 11) is 0. The molecule has 0 bridgehead atoms. The minimum atomic E-state index is -0.261. The molecule has 2 rings (SSSR count). The number of aryl methyl sites for hydroxylation is 1. The van der Waals surface area contributed by atoms with Crippen molar-refractivity contribution in [2.24, 2.45) is 5.92 Å². The highest BCUT2D eigenvalue weighted by Crippen LogP contribution is 2.28. The van der Waals surface area contributed by atoms with Crippen LogP contribution in [0.5, 0.6) is 0 Å². The van der Waals surface area contributed by atoms with Gasteiger partial charge in [-0.3, -0.25) is 9.59 Å². The van der Waals surface area contributed by atoms with Gasteiger partial charge in [-0.15, -0.1) is 0 Å². The van der Waals surface area contributed by atoms with Crippen LogP contribution in [0, 0.1) is 12.8 Å². The molecule has 20 heavy (non-hydrogen) atoms. The fraction of sp³-hybridized carbons (Fsp3) is 0.625. The summed E-state index contributed by atoms with van der Waals surface area (Å²) < 4.78 is 2.03. The van der Waals surface area contributed by atoms with E-state index in [1.54, 1.807) is 0 Å². The number of amides is 1. The van der Waals surface area contributed by atoms with Crippen LogP contribution < -0.4 is 5.32 Å². The molecule has 4 nitrogen and oxygen atoms in total. The van der Waals surface area contributed by atoms with Crippen LogP contribution in [0.4, 0.5) is 0 Å². The molecule has 0 aromatic carbocycles. The van der Waals surface area contributed by atoms with Crippen LogP contribution in [-0.4, -0.2) is 22.8 Å². The van der Waals surface area contributed by atoms with E-state index in [0.717, 1.165) is 29.8 Å². The van der Waals surface area contributed by atoms with Gasteiger partial charge in [0.1, 0.15) is 6.04 Å². The molecular weight excluding hydrogens is 252 g/mol. The maximum Gasteiger partial charge on any atom is 0.242 e. The van der Waals surface area contributed by atoms with Crippen molar-refractivity contribution in [2.45, 2.75) is 53.0 Å². The van der Waals surface area contributed by atoms with Crippen molar-refractivity contribution in [1.82, 2.24) is 9.88 Å². The molecule has 1 aliphatic rings. The van der Waals surface area contributed by atoms with Gasteiger partial charge in [0.05, 0.1) is 0 Å². The molecule has 0 spiro atoms. The van der Waals surface area contributed by atoms with Gasteiger partial charge >= 0.3 is 0 Å². The van der Waals surface area contributed by atoms with E-state index in [1.807, 2.05) is 24.5 Å². The van der Waals surface area contributed by atoms with E-state index in [9.17, 15) is 9.59 Å². The molecule has 1 aliphatic carbocycles. The van der Waals surface area contributed by atoms with Gasteiger partial charge in [0, 0.05) is 29.9 Å². The van der Waals surface area contributed by atoms with Crippen LogP contribution in [-0.2, 0) is 11.2 Å². The highest BCUT2D eigenvalue weighted by molar-refractivity contribution is 5.98. The minimum absolute atomic E-state index is 0.0261. The smallest absolute Gasteiger partial charge is 0.242 e. The predicted octanol–water partition coefficient (Wildman–Crippen LogP) is 2.65. The number of Topliss-reactive ketones (excluding diaryl/α,β-unsaturated/α-hetero) is 1. The van der Waals surface area contributed by atoms with Gasteiger partial charge in [0.25, 0.3) is 0 Å². The van der Waals surface area contributed by atoms with Gasteiger partial charge in [0.2, 0.25) is 5.91 Å². The number of hydrogen-bond donors (Lipinski definition) is 1. The van der Waals surface area contributed by atoms with Crippen molar-refractivity contribution in [3.63, 3.8) is 0 Å². The second kappa shape index (κ2) is 5.81. The third kappa shape index (κ3) is 2.79. The first-order valence-corrected chi connectivity index (χ1v) is 7.43. The number of carbonyl (C=O) groups excluding carboxylic acids is 2. The van der Waals surface area contributed by atoms with E-state index in [4.69, 9.17) is 0 Å². The zero-order valence-electron chi connectivity index (χ0n) is 12.8. The minimum Gasteiger partial charge on any atom is -0.354 e. The van der Waals surface area contributed by atoms with E-state index in [0.29, 0.717) is 18.9 Å². The normalized spacial score (nSPS) is 16.1. The first kappa shape index (κ1) is 14.8. The topological polar surface area (TPSA) is 51.1 Å². The second-order valence-electron chi connectivity index (χ2n) is 6.11. The molecule has 4 heteroatoms. The quantitative estimate of drug-likeness (QED) is 0.919. The average molecular weight is 276 g/mol. The predicted molar refractivity (Wildman–Crippen MR) is 79.0 cm³/mol. The van der Waals surface area contributed by atoms with Crippen molar-refractivity contribution in [1.29, 1.82) is 0 Å². The Morgan fingerprint density at radius 3 is 2.70 bits per heavy atom. The Bertz CT molecular complexity index is 529. The summed E-state index contributed by atoms with van der Waals surface area (Å²) in [6.45, 7) is 8.71. The zero-order chi connectivity index (χ0) is 14.9. The van der Waals surface area contributed by atoms with Crippen molar-refractivity contribution in [2.75, 3.05) is 6.54 Å². The van der Waals surface area contributed by atoms with Gasteiger partial charge in [0.15, 0.2) is 5.78 Å². The van der Waals surface area contributed by atoms with Crippen molar-refractivity contribution < 1.29 is 9.59 Å². The highest BCUT2D eigenvalue weighted by Gasteiger charge is 2.26. The van der Waals surface area contributed by atoms with Gasteiger partial charge in [-0.25, -0.2) is 0 Å². The molecule has 1 amide bonds. The number of rotatable bonds is 4.